The van der Waals surface area contributed by atoms with Crippen LogP contribution in [0.2, 0.25) is 5.02 Å². The molecule has 3 aliphatic rings. The summed E-state index contributed by atoms with van der Waals surface area (Å²) in [6.07, 6.45) is 6.27. The molecular weight excluding hydrogens is 376 g/mol. The molecule has 1 heterocycles. The molecule has 1 aromatic rings. The Hall–Kier alpha value is -1.75. The summed E-state index contributed by atoms with van der Waals surface area (Å²) in [5.74, 6) is 1.50. The summed E-state index contributed by atoms with van der Waals surface area (Å²) in [6, 6.07) is 5.93. The molecule has 0 unspecified atom stereocenters. The van der Waals surface area contributed by atoms with Gasteiger partial charge in [-0.1, -0.05) is 11.6 Å². The Kier molecular flexibility index (Phi) is 5.55. The number of carbonyl (C=O) groups is 2. The van der Waals surface area contributed by atoms with E-state index in [0.29, 0.717) is 53.3 Å². The van der Waals surface area contributed by atoms with Crippen molar-refractivity contribution in [3.05, 3.63) is 28.8 Å². The topological polar surface area (TPSA) is 49.9 Å². The van der Waals surface area contributed by atoms with E-state index in [1.807, 2.05) is 4.90 Å². The zero-order valence-electron chi connectivity index (χ0n) is 16.7. The van der Waals surface area contributed by atoms with Crippen LogP contribution in [0, 0.1) is 11.8 Å². The molecule has 2 amide bonds. The molecule has 0 radical (unpaired) electrons. The Labute approximate surface area is 172 Å². The Balaban J connectivity index is 1.39. The van der Waals surface area contributed by atoms with Crippen LogP contribution in [0.1, 0.15) is 55.8 Å². The zero-order chi connectivity index (χ0) is 19.8. The van der Waals surface area contributed by atoms with Gasteiger partial charge in [-0.05, 0) is 69.6 Å². The van der Waals surface area contributed by atoms with Crippen molar-refractivity contribution < 1.29 is 14.3 Å². The van der Waals surface area contributed by atoms with Crippen LogP contribution in [0.3, 0.4) is 0 Å². The van der Waals surface area contributed by atoms with Gasteiger partial charge in [0.2, 0.25) is 5.91 Å². The van der Waals surface area contributed by atoms with Gasteiger partial charge in [-0.25, -0.2) is 0 Å². The molecule has 2 aliphatic carbocycles. The van der Waals surface area contributed by atoms with Crippen molar-refractivity contribution in [2.75, 3.05) is 20.2 Å². The second kappa shape index (κ2) is 7.94. The third-order valence-corrected chi connectivity index (χ3v) is 6.70. The molecule has 3 fully saturated rings. The average molecular weight is 405 g/mol. The van der Waals surface area contributed by atoms with Gasteiger partial charge >= 0.3 is 0 Å². The van der Waals surface area contributed by atoms with Crippen molar-refractivity contribution in [1.82, 2.24) is 9.80 Å². The summed E-state index contributed by atoms with van der Waals surface area (Å²) < 4.78 is 5.32. The first-order valence-electron chi connectivity index (χ1n) is 10.4. The first-order chi connectivity index (χ1) is 13.5. The van der Waals surface area contributed by atoms with E-state index in [0.717, 1.165) is 25.7 Å². The maximum absolute atomic E-state index is 13.2. The number of ether oxygens (including phenoxy) is 1. The van der Waals surface area contributed by atoms with Gasteiger partial charge in [0.1, 0.15) is 5.75 Å². The first-order valence-corrected chi connectivity index (χ1v) is 10.8. The van der Waals surface area contributed by atoms with Crippen molar-refractivity contribution in [3.63, 3.8) is 0 Å². The summed E-state index contributed by atoms with van der Waals surface area (Å²) in [5.41, 5.74) is 0.488. The third-order valence-electron chi connectivity index (χ3n) is 6.46. The number of rotatable bonds is 6. The highest BCUT2D eigenvalue weighted by Crippen LogP contribution is 2.41. The molecular formula is C22H29ClN2O3. The third kappa shape index (κ3) is 4.00. The Morgan fingerprint density at radius 2 is 1.82 bits per heavy atom. The quantitative estimate of drug-likeness (QED) is 0.720. The fraction of sp³-hybridized carbons (Fsp3) is 0.636. The van der Waals surface area contributed by atoms with Crippen LogP contribution in [0.25, 0.3) is 0 Å². The smallest absolute Gasteiger partial charge is 0.257 e. The minimum absolute atomic E-state index is 0.0344. The van der Waals surface area contributed by atoms with Gasteiger partial charge in [-0.15, -0.1) is 0 Å². The summed E-state index contributed by atoms with van der Waals surface area (Å²) in [5, 5.41) is 0.517. The molecule has 0 aromatic heterocycles. The lowest BCUT2D eigenvalue weighted by molar-refractivity contribution is -0.140. The number of methoxy groups -OCH3 is 1. The number of carbonyl (C=O) groups excluding carboxylic acids is 2. The van der Waals surface area contributed by atoms with Crippen LogP contribution in [0.4, 0.5) is 0 Å². The highest BCUT2D eigenvalue weighted by Gasteiger charge is 2.44. The minimum Gasteiger partial charge on any atom is -0.496 e. The second-order valence-corrected chi connectivity index (χ2v) is 8.90. The highest BCUT2D eigenvalue weighted by molar-refractivity contribution is 6.31. The Morgan fingerprint density at radius 1 is 1.14 bits per heavy atom. The van der Waals surface area contributed by atoms with Gasteiger partial charge in [-0.3, -0.25) is 9.59 Å². The average Bonchev–Trinajstić information content (AvgIpc) is 3.60. The molecule has 0 spiro atoms. The van der Waals surface area contributed by atoms with E-state index in [2.05, 4.69) is 11.8 Å². The van der Waals surface area contributed by atoms with E-state index in [9.17, 15) is 9.59 Å². The lowest BCUT2D eigenvalue weighted by Gasteiger charge is -2.37. The first kappa shape index (κ1) is 19.6. The number of hydrogen-bond acceptors (Lipinski definition) is 3. The molecule has 0 bridgehead atoms. The van der Waals surface area contributed by atoms with Crippen LogP contribution >= 0.6 is 11.6 Å². The SMILES string of the molecule is COc1ccc(Cl)cc1C(=O)N1CCC(C(=O)N(C2CC2)[C@@H](C)C2CC2)CC1. The van der Waals surface area contributed by atoms with Crippen molar-refractivity contribution in [1.29, 1.82) is 0 Å². The van der Waals surface area contributed by atoms with Crippen molar-refractivity contribution in [2.45, 2.75) is 57.5 Å². The molecule has 1 aromatic carbocycles. The van der Waals surface area contributed by atoms with E-state index in [1.165, 1.54) is 12.8 Å². The van der Waals surface area contributed by atoms with Gasteiger partial charge < -0.3 is 14.5 Å². The number of hydrogen-bond donors (Lipinski definition) is 0. The number of piperidine rings is 1. The number of amides is 2. The number of halogens is 1. The van der Waals surface area contributed by atoms with Crippen molar-refractivity contribution in [3.8, 4) is 5.75 Å². The Bertz CT molecular complexity index is 752. The zero-order valence-corrected chi connectivity index (χ0v) is 17.5. The fourth-order valence-electron chi connectivity index (χ4n) is 4.43. The predicted octanol–water partition coefficient (Wildman–Crippen LogP) is 3.99. The molecule has 6 heteroatoms. The van der Waals surface area contributed by atoms with E-state index < -0.39 is 0 Å². The molecule has 152 valence electrons. The molecule has 5 nitrogen and oxygen atoms in total. The standard InChI is InChI=1S/C22H29ClN2O3/c1-14(15-3-4-15)25(18-6-7-18)21(26)16-9-11-24(12-10-16)22(27)19-13-17(23)5-8-20(19)28-2/h5,8,13-16,18H,3-4,6-7,9-12H2,1-2H3/t14-/m0/s1. The lowest BCUT2D eigenvalue weighted by Crippen LogP contribution is -2.48. The highest BCUT2D eigenvalue weighted by atomic mass is 35.5. The van der Waals surface area contributed by atoms with Gasteiger partial charge in [-0.2, -0.15) is 0 Å². The van der Waals surface area contributed by atoms with Gasteiger partial charge in [0.15, 0.2) is 0 Å². The summed E-state index contributed by atoms with van der Waals surface area (Å²) in [7, 11) is 1.55. The lowest BCUT2D eigenvalue weighted by atomic mass is 9.93. The van der Waals surface area contributed by atoms with Gasteiger partial charge in [0.05, 0.1) is 12.7 Å². The number of benzene rings is 1. The molecule has 1 atom stereocenters. The fourth-order valence-corrected chi connectivity index (χ4v) is 4.60. The predicted molar refractivity (Wildman–Crippen MR) is 109 cm³/mol. The van der Waals surface area contributed by atoms with Crippen LogP contribution in [-0.2, 0) is 4.79 Å². The van der Waals surface area contributed by atoms with Crippen LogP contribution in [0.15, 0.2) is 18.2 Å². The van der Waals surface area contributed by atoms with Crippen molar-refractivity contribution in [2.24, 2.45) is 11.8 Å². The molecule has 28 heavy (non-hydrogen) atoms. The van der Waals surface area contributed by atoms with Gasteiger partial charge in [0, 0.05) is 36.1 Å². The van der Waals surface area contributed by atoms with E-state index in [1.54, 1.807) is 25.3 Å². The van der Waals surface area contributed by atoms with E-state index >= 15 is 0 Å². The monoisotopic (exact) mass is 404 g/mol. The van der Waals surface area contributed by atoms with Crippen molar-refractivity contribution >= 4 is 23.4 Å². The number of nitrogens with zero attached hydrogens (tertiary/aromatic N) is 2. The number of likely N-dealkylation sites (tertiary alicyclic amines) is 1. The maximum Gasteiger partial charge on any atom is 0.257 e. The summed E-state index contributed by atoms with van der Waals surface area (Å²) in [6.45, 7) is 3.42. The largest absolute Gasteiger partial charge is 0.496 e. The molecule has 4 rings (SSSR count). The molecule has 1 aliphatic heterocycles. The molecule has 2 saturated carbocycles. The van der Waals surface area contributed by atoms with Crippen LogP contribution in [0.5, 0.6) is 5.75 Å². The molecule has 1 saturated heterocycles. The van der Waals surface area contributed by atoms with Crippen LogP contribution in [-0.4, -0.2) is 53.9 Å². The summed E-state index contributed by atoms with van der Waals surface area (Å²) >= 11 is 6.08. The molecule has 0 N–H and O–H groups in total. The Morgan fingerprint density at radius 3 is 2.39 bits per heavy atom. The maximum atomic E-state index is 13.2. The second-order valence-electron chi connectivity index (χ2n) is 8.47. The van der Waals surface area contributed by atoms with E-state index in [4.69, 9.17) is 16.3 Å². The minimum atomic E-state index is -0.0735. The normalized spacial score (nSPS) is 21.3. The van der Waals surface area contributed by atoms with Gasteiger partial charge in [0.25, 0.3) is 5.91 Å². The van der Waals surface area contributed by atoms with Crippen LogP contribution < -0.4 is 4.74 Å². The van der Waals surface area contributed by atoms with E-state index in [-0.39, 0.29) is 11.8 Å². The summed E-state index contributed by atoms with van der Waals surface area (Å²) in [4.78, 5) is 30.2.